The summed E-state index contributed by atoms with van der Waals surface area (Å²) in [6, 6.07) is 6.63. The number of hydrogen-bond acceptors (Lipinski definition) is 4. The SMILES string of the molecule is COCCn1cnnc1SC(C)c1cccc(F)c1. The van der Waals surface area contributed by atoms with Gasteiger partial charge in [0.1, 0.15) is 12.1 Å². The minimum Gasteiger partial charge on any atom is -0.383 e. The summed E-state index contributed by atoms with van der Waals surface area (Å²) in [6.07, 6.45) is 1.68. The quantitative estimate of drug-likeness (QED) is 0.763. The lowest BCUT2D eigenvalue weighted by Gasteiger charge is -2.12. The third-order valence-electron chi connectivity index (χ3n) is 2.72. The Morgan fingerprint density at radius 2 is 2.32 bits per heavy atom. The first-order chi connectivity index (χ1) is 9.20. The fourth-order valence-corrected chi connectivity index (χ4v) is 2.63. The van der Waals surface area contributed by atoms with Crippen LogP contribution < -0.4 is 0 Å². The molecule has 0 aliphatic carbocycles. The molecule has 0 bridgehead atoms. The normalized spacial score (nSPS) is 12.6. The number of hydrogen-bond donors (Lipinski definition) is 0. The first-order valence-electron chi connectivity index (χ1n) is 5.99. The number of rotatable bonds is 6. The Morgan fingerprint density at radius 1 is 1.47 bits per heavy atom. The summed E-state index contributed by atoms with van der Waals surface area (Å²) in [6.45, 7) is 3.34. The van der Waals surface area contributed by atoms with Gasteiger partial charge >= 0.3 is 0 Å². The summed E-state index contributed by atoms with van der Waals surface area (Å²) in [7, 11) is 1.66. The zero-order valence-corrected chi connectivity index (χ0v) is 11.7. The fraction of sp³-hybridized carbons (Fsp3) is 0.385. The summed E-state index contributed by atoms with van der Waals surface area (Å²) in [5.41, 5.74) is 0.936. The number of benzene rings is 1. The summed E-state index contributed by atoms with van der Waals surface area (Å²) in [4.78, 5) is 0. The van der Waals surface area contributed by atoms with Crippen LogP contribution in [0.2, 0.25) is 0 Å². The van der Waals surface area contributed by atoms with Crippen molar-refractivity contribution >= 4 is 11.8 Å². The van der Waals surface area contributed by atoms with Crippen molar-refractivity contribution in [3.05, 3.63) is 42.0 Å². The number of aromatic nitrogens is 3. The standard InChI is InChI=1S/C13H16FN3OS/c1-10(11-4-3-5-12(14)8-11)19-13-16-15-9-17(13)6-7-18-2/h3-5,8-10H,6-7H2,1-2H3. The van der Waals surface area contributed by atoms with Gasteiger partial charge in [-0.3, -0.25) is 0 Å². The van der Waals surface area contributed by atoms with Crippen LogP contribution in [0, 0.1) is 5.82 Å². The minimum atomic E-state index is -0.217. The van der Waals surface area contributed by atoms with E-state index in [0.29, 0.717) is 13.2 Å². The molecule has 2 rings (SSSR count). The van der Waals surface area contributed by atoms with Crippen LogP contribution in [0.25, 0.3) is 0 Å². The molecule has 0 aliphatic rings. The average Bonchev–Trinajstić information content (AvgIpc) is 2.83. The summed E-state index contributed by atoms with van der Waals surface area (Å²) >= 11 is 1.56. The summed E-state index contributed by atoms with van der Waals surface area (Å²) in [5, 5.41) is 8.91. The van der Waals surface area contributed by atoms with Crippen LogP contribution in [0.3, 0.4) is 0 Å². The van der Waals surface area contributed by atoms with Gasteiger partial charge in [-0.15, -0.1) is 10.2 Å². The molecule has 0 saturated carbocycles. The maximum Gasteiger partial charge on any atom is 0.191 e. The lowest BCUT2D eigenvalue weighted by Crippen LogP contribution is -2.05. The molecule has 0 amide bonds. The van der Waals surface area contributed by atoms with Gasteiger partial charge < -0.3 is 9.30 Å². The molecule has 4 nitrogen and oxygen atoms in total. The Morgan fingerprint density at radius 3 is 3.05 bits per heavy atom. The van der Waals surface area contributed by atoms with Gasteiger partial charge in [-0.05, 0) is 24.6 Å². The van der Waals surface area contributed by atoms with E-state index < -0.39 is 0 Å². The van der Waals surface area contributed by atoms with Crippen LogP contribution in [0.15, 0.2) is 35.7 Å². The maximum absolute atomic E-state index is 13.2. The summed E-state index contributed by atoms with van der Waals surface area (Å²) in [5.74, 6) is -0.217. The van der Waals surface area contributed by atoms with Crippen molar-refractivity contribution in [2.75, 3.05) is 13.7 Å². The summed E-state index contributed by atoms with van der Waals surface area (Å²) < 4.78 is 20.2. The van der Waals surface area contributed by atoms with E-state index in [4.69, 9.17) is 4.74 Å². The zero-order chi connectivity index (χ0) is 13.7. The topological polar surface area (TPSA) is 39.9 Å². The van der Waals surface area contributed by atoms with E-state index in [9.17, 15) is 4.39 Å². The van der Waals surface area contributed by atoms with Gasteiger partial charge in [-0.2, -0.15) is 0 Å². The average molecular weight is 281 g/mol. The Bertz CT molecular complexity index is 532. The Kier molecular flexibility index (Phi) is 4.93. The molecule has 0 radical (unpaired) electrons. The van der Waals surface area contributed by atoms with E-state index in [1.54, 1.807) is 37.3 Å². The molecule has 1 unspecified atom stereocenters. The molecule has 0 spiro atoms. The van der Waals surface area contributed by atoms with Crippen LogP contribution in [0.5, 0.6) is 0 Å². The lowest BCUT2D eigenvalue weighted by molar-refractivity contribution is 0.184. The van der Waals surface area contributed by atoms with Gasteiger partial charge in [0, 0.05) is 18.9 Å². The van der Waals surface area contributed by atoms with Crippen molar-refractivity contribution in [1.29, 1.82) is 0 Å². The van der Waals surface area contributed by atoms with Crippen molar-refractivity contribution in [2.45, 2.75) is 23.9 Å². The second-order valence-corrected chi connectivity index (χ2v) is 5.42. The van der Waals surface area contributed by atoms with E-state index in [2.05, 4.69) is 10.2 Å². The predicted octanol–water partition coefficient (Wildman–Crippen LogP) is 2.92. The second-order valence-electron chi connectivity index (χ2n) is 4.11. The molecule has 19 heavy (non-hydrogen) atoms. The molecule has 102 valence electrons. The molecule has 1 atom stereocenters. The minimum absolute atomic E-state index is 0.112. The van der Waals surface area contributed by atoms with Crippen LogP contribution in [-0.2, 0) is 11.3 Å². The number of methoxy groups -OCH3 is 1. The molecule has 1 aromatic heterocycles. The molecule has 1 heterocycles. The number of nitrogens with zero attached hydrogens (tertiary/aromatic N) is 3. The zero-order valence-electron chi connectivity index (χ0n) is 10.9. The monoisotopic (exact) mass is 281 g/mol. The third kappa shape index (κ3) is 3.78. The number of thioether (sulfide) groups is 1. The van der Waals surface area contributed by atoms with E-state index in [-0.39, 0.29) is 11.1 Å². The maximum atomic E-state index is 13.2. The van der Waals surface area contributed by atoms with Gasteiger partial charge in [0.05, 0.1) is 6.61 Å². The molecule has 0 fully saturated rings. The Hall–Kier alpha value is -1.40. The highest BCUT2D eigenvalue weighted by Crippen LogP contribution is 2.33. The van der Waals surface area contributed by atoms with E-state index >= 15 is 0 Å². The smallest absolute Gasteiger partial charge is 0.191 e. The van der Waals surface area contributed by atoms with Crippen molar-refractivity contribution in [3.63, 3.8) is 0 Å². The van der Waals surface area contributed by atoms with Crippen LogP contribution in [0.1, 0.15) is 17.7 Å². The largest absolute Gasteiger partial charge is 0.383 e. The van der Waals surface area contributed by atoms with Crippen LogP contribution in [-0.4, -0.2) is 28.5 Å². The van der Waals surface area contributed by atoms with Gasteiger partial charge in [-0.25, -0.2) is 4.39 Å². The van der Waals surface area contributed by atoms with Crippen molar-refractivity contribution in [2.24, 2.45) is 0 Å². The molecule has 2 aromatic rings. The van der Waals surface area contributed by atoms with E-state index in [1.807, 2.05) is 17.6 Å². The molecule has 0 saturated heterocycles. The molecular weight excluding hydrogens is 265 g/mol. The highest BCUT2D eigenvalue weighted by molar-refractivity contribution is 7.99. The van der Waals surface area contributed by atoms with E-state index in [0.717, 1.165) is 10.7 Å². The van der Waals surface area contributed by atoms with E-state index in [1.165, 1.54) is 6.07 Å². The van der Waals surface area contributed by atoms with Gasteiger partial charge in [0.15, 0.2) is 5.16 Å². The van der Waals surface area contributed by atoms with Crippen molar-refractivity contribution in [1.82, 2.24) is 14.8 Å². The Balaban J connectivity index is 2.06. The number of halogens is 1. The predicted molar refractivity (Wildman–Crippen MR) is 72.6 cm³/mol. The van der Waals surface area contributed by atoms with Gasteiger partial charge in [0.25, 0.3) is 0 Å². The van der Waals surface area contributed by atoms with Gasteiger partial charge in [-0.1, -0.05) is 23.9 Å². The first-order valence-corrected chi connectivity index (χ1v) is 6.87. The van der Waals surface area contributed by atoms with Gasteiger partial charge in [0.2, 0.25) is 0 Å². The van der Waals surface area contributed by atoms with Crippen molar-refractivity contribution in [3.8, 4) is 0 Å². The molecular formula is C13H16FN3OS. The molecule has 0 N–H and O–H groups in total. The van der Waals surface area contributed by atoms with Crippen molar-refractivity contribution < 1.29 is 9.13 Å². The number of ether oxygens (including phenoxy) is 1. The van der Waals surface area contributed by atoms with Crippen LogP contribution in [0.4, 0.5) is 4.39 Å². The lowest BCUT2D eigenvalue weighted by atomic mass is 10.2. The van der Waals surface area contributed by atoms with Crippen LogP contribution >= 0.6 is 11.8 Å². The fourth-order valence-electron chi connectivity index (χ4n) is 1.66. The molecule has 0 aliphatic heterocycles. The third-order valence-corrected chi connectivity index (χ3v) is 3.87. The highest BCUT2D eigenvalue weighted by atomic mass is 32.2. The second kappa shape index (κ2) is 6.68. The first kappa shape index (κ1) is 14.0. The molecule has 1 aromatic carbocycles. The Labute approximate surface area is 116 Å². The molecule has 6 heteroatoms. The highest BCUT2D eigenvalue weighted by Gasteiger charge is 2.12.